The number of rotatable bonds is 3. The van der Waals surface area contributed by atoms with E-state index in [0.717, 1.165) is 41.1 Å². The normalized spacial score (nSPS) is 20.7. The quantitative estimate of drug-likeness (QED) is 0.527. The molecule has 1 saturated heterocycles. The minimum atomic E-state index is -3.69. The van der Waals surface area contributed by atoms with E-state index in [1.165, 1.54) is 11.3 Å². The summed E-state index contributed by atoms with van der Waals surface area (Å²) in [5.41, 5.74) is 4.41. The summed E-state index contributed by atoms with van der Waals surface area (Å²) in [6.45, 7) is 0. The lowest BCUT2D eigenvalue weighted by molar-refractivity contribution is 0.416. The number of aromatic amines is 1. The fraction of sp³-hybridized carbons (Fsp3) is 0.304. The van der Waals surface area contributed by atoms with Crippen molar-refractivity contribution in [3.05, 3.63) is 53.9 Å². The van der Waals surface area contributed by atoms with Crippen molar-refractivity contribution in [2.24, 2.45) is 7.05 Å². The van der Waals surface area contributed by atoms with E-state index in [1.54, 1.807) is 25.3 Å². The van der Waals surface area contributed by atoms with Crippen molar-refractivity contribution in [3.63, 3.8) is 0 Å². The summed E-state index contributed by atoms with van der Waals surface area (Å²) in [6.07, 6.45) is 5.02. The maximum atomic E-state index is 13.6. The molecule has 1 fully saturated rings. The lowest BCUT2D eigenvalue weighted by Crippen LogP contribution is -2.32. The number of ether oxygens (including phenoxy) is 1. The molecule has 2 unspecified atom stereocenters. The molecule has 2 aromatic carbocycles. The van der Waals surface area contributed by atoms with Crippen LogP contribution in [0.25, 0.3) is 21.8 Å². The van der Waals surface area contributed by atoms with E-state index in [2.05, 4.69) is 21.9 Å². The Morgan fingerprint density at radius 2 is 1.97 bits per heavy atom. The maximum Gasteiger partial charge on any atom is 0.206 e. The van der Waals surface area contributed by atoms with Crippen molar-refractivity contribution < 1.29 is 13.2 Å². The molecule has 2 aliphatic rings. The molecule has 0 amide bonds. The first-order valence-electron chi connectivity index (χ1n) is 10.2. The average molecular weight is 422 g/mol. The second kappa shape index (κ2) is 6.12. The van der Waals surface area contributed by atoms with Gasteiger partial charge in [-0.3, -0.25) is 0 Å². The standard InChI is InChI=1S/C23H23N3O3S/c1-26-20-10-14-3-5-19(25-14)22(20)17-11-16(12-21(29-2)23(17)26)30(27,28)15-4-6-18-13(9-15)7-8-24-18/h4,6-9,11-12,14,19,24-25H,3,5,10H2,1-2H3. The zero-order valence-corrected chi connectivity index (χ0v) is 17.7. The number of nitrogens with one attached hydrogen (secondary N) is 2. The van der Waals surface area contributed by atoms with Crippen molar-refractivity contribution in [1.29, 1.82) is 0 Å². The van der Waals surface area contributed by atoms with Gasteiger partial charge in [0.2, 0.25) is 9.84 Å². The van der Waals surface area contributed by atoms with Gasteiger partial charge >= 0.3 is 0 Å². The first-order chi connectivity index (χ1) is 14.5. The lowest BCUT2D eigenvalue weighted by Gasteiger charge is -2.23. The molecule has 4 heterocycles. The topological polar surface area (TPSA) is 76.1 Å². The summed E-state index contributed by atoms with van der Waals surface area (Å²) in [5, 5.41) is 5.54. The Morgan fingerprint density at radius 1 is 1.10 bits per heavy atom. The number of aryl methyl sites for hydroxylation is 1. The molecule has 0 saturated carbocycles. The fourth-order valence-electron chi connectivity index (χ4n) is 5.33. The number of H-pyrrole nitrogens is 1. The second-order valence-electron chi connectivity index (χ2n) is 8.37. The Labute approximate surface area is 174 Å². The predicted molar refractivity (Wildman–Crippen MR) is 116 cm³/mol. The highest BCUT2D eigenvalue weighted by Crippen LogP contribution is 2.45. The minimum absolute atomic E-state index is 0.273. The van der Waals surface area contributed by atoms with Crippen LogP contribution in [-0.2, 0) is 23.3 Å². The SMILES string of the molecule is COc1cc(S(=O)(=O)c2ccc3[nH]ccc3c2)cc2c3c(n(C)c12)CC1CCC3N1. The summed E-state index contributed by atoms with van der Waals surface area (Å²) < 4.78 is 35.0. The number of nitrogens with zero attached hydrogens (tertiary/aromatic N) is 1. The van der Waals surface area contributed by atoms with E-state index in [0.29, 0.717) is 16.7 Å². The molecule has 30 heavy (non-hydrogen) atoms. The Kier molecular flexibility index (Phi) is 3.68. The molecule has 6 nitrogen and oxygen atoms in total. The Hall–Kier alpha value is -2.77. The van der Waals surface area contributed by atoms with Gasteiger partial charge in [0.15, 0.2) is 0 Å². The number of benzene rings is 2. The Morgan fingerprint density at radius 3 is 2.80 bits per heavy atom. The maximum absolute atomic E-state index is 13.6. The summed E-state index contributed by atoms with van der Waals surface area (Å²) >= 11 is 0. The third kappa shape index (κ3) is 2.36. The molecule has 7 heteroatoms. The van der Waals surface area contributed by atoms with Crippen LogP contribution in [0, 0.1) is 0 Å². The van der Waals surface area contributed by atoms with Gasteiger partial charge in [0.1, 0.15) is 5.75 Å². The van der Waals surface area contributed by atoms with E-state index in [9.17, 15) is 8.42 Å². The molecular weight excluding hydrogens is 398 g/mol. The van der Waals surface area contributed by atoms with Gasteiger partial charge in [-0.05, 0) is 48.7 Å². The molecular formula is C23H23N3O3S. The third-order valence-electron chi connectivity index (χ3n) is 6.78. The van der Waals surface area contributed by atoms with Crippen LogP contribution < -0.4 is 10.1 Å². The molecule has 4 aromatic rings. The van der Waals surface area contributed by atoms with Gasteiger partial charge in [0.25, 0.3) is 0 Å². The highest BCUT2D eigenvalue weighted by atomic mass is 32.2. The van der Waals surface area contributed by atoms with Crippen LogP contribution in [0.3, 0.4) is 0 Å². The molecule has 0 aliphatic carbocycles. The van der Waals surface area contributed by atoms with E-state index in [1.807, 2.05) is 24.4 Å². The lowest BCUT2D eigenvalue weighted by atomic mass is 9.99. The van der Waals surface area contributed by atoms with Crippen molar-refractivity contribution in [2.45, 2.75) is 41.1 Å². The Balaban J connectivity index is 1.60. The van der Waals surface area contributed by atoms with E-state index in [-0.39, 0.29) is 10.9 Å². The summed E-state index contributed by atoms with van der Waals surface area (Å²) in [4.78, 5) is 3.67. The van der Waals surface area contributed by atoms with Crippen LogP contribution in [0.4, 0.5) is 0 Å². The Bertz CT molecular complexity index is 1430. The van der Waals surface area contributed by atoms with E-state index in [4.69, 9.17) is 4.74 Å². The van der Waals surface area contributed by atoms with E-state index < -0.39 is 9.84 Å². The van der Waals surface area contributed by atoms with Crippen molar-refractivity contribution in [2.75, 3.05) is 7.11 Å². The zero-order chi connectivity index (χ0) is 20.6. The molecule has 154 valence electrons. The van der Waals surface area contributed by atoms with Crippen molar-refractivity contribution in [3.8, 4) is 5.75 Å². The minimum Gasteiger partial charge on any atom is -0.495 e. The average Bonchev–Trinajstić information content (AvgIpc) is 3.44. The largest absolute Gasteiger partial charge is 0.495 e. The number of methoxy groups -OCH3 is 1. The first-order valence-corrected chi connectivity index (χ1v) is 11.7. The molecule has 2 N–H and O–H groups in total. The number of fused-ring (bicyclic) bond motifs is 7. The third-order valence-corrected chi connectivity index (χ3v) is 8.51. The summed E-state index contributed by atoms with van der Waals surface area (Å²) in [7, 11) is -0.0244. The molecule has 2 aliphatic heterocycles. The van der Waals surface area contributed by atoms with Gasteiger partial charge in [-0.25, -0.2) is 8.42 Å². The van der Waals surface area contributed by atoms with Crippen LogP contribution in [-0.4, -0.2) is 31.1 Å². The van der Waals surface area contributed by atoms with Gasteiger partial charge < -0.3 is 19.6 Å². The smallest absolute Gasteiger partial charge is 0.206 e. The molecule has 6 rings (SSSR count). The number of hydrogen-bond donors (Lipinski definition) is 2. The monoisotopic (exact) mass is 421 g/mol. The fourth-order valence-corrected chi connectivity index (χ4v) is 6.66. The second-order valence-corrected chi connectivity index (χ2v) is 10.3. The molecule has 2 aromatic heterocycles. The van der Waals surface area contributed by atoms with E-state index >= 15 is 0 Å². The molecule has 0 spiro atoms. The number of sulfone groups is 1. The molecule has 0 radical (unpaired) electrons. The van der Waals surface area contributed by atoms with Gasteiger partial charge in [-0.15, -0.1) is 0 Å². The van der Waals surface area contributed by atoms with Gasteiger partial charge in [0, 0.05) is 59.8 Å². The van der Waals surface area contributed by atoms with Crippen LogP contribution in [0.5, 0.6) is 5.75 Å². The first kappa shape index (κ1) is 18.0. The highest BCUT2D eigenvalue weighted by Gasteiger charge is 2.37. The molecule has 2 atom stereocenters. The van der Waals surface area contributed by atoms with Crippen LogP contribution in [0.2, 0.25) is 0 Å². The molecule has 2 bridgehead atoms. The van der Waals surface area contributed by atoms with Crippen LogP contribution in [0.1, 0.15) is 30.1 Å². The number of aromatic nitrogens is 2. The van der Waals surface area contributed by atoms with Gasteiger partial charge in [-0.1, -0.05) is 0 Å². The highest BCUT2D eigenvalue weighted by molar-refractivity contribution is 7.91. The zero-order valence-electron chi connectivity index (χ0n) is 16.9. The van der Waals surface area contributed by atoms with Gasteiger partial charge in [-0.2, -0.15) is 0 Å². The summed E-state index contributed by atoms with van der Waals surface area (Å²) in [5.74, 6) is 0.599. The van der Waals surface area contributed by atoms with Crippen LogP contribution >= 0.6 is 0 Å². The van der Waals surface area contributed by atoms with Crippen molar-refractivity contribution >= 4 is 31.6 Å². The van der Waals surface area contributed by atoms with Gasteiger partial charge in [0.05, 0.1) is 22.4 Å². The number of hydrogen-bond acceptors (Lipinski definition) is 4. The predicted octanol–water partition coefficient (Wildman–Crippen LogP) is 3.85. The van der Waals surface area contributed by atoms with Crippen molar-refractivity contribution in [1.82, 2.24) is 14.9 Å². The summed E-state index contributed by atoms with van der Waals surface area (Å²) in [6, 6.07) is 11.4. The van der Waals surface area contributed by atoms with Crippen LogP contribution in [0.15, 0.2) is 52.4 Å².